The third-order valence-corrected chi connectivity index (χ3v) is 4.37. The molecule has 7 heteroatoms. The van der Waals surface area contributed by atoms with Gasteiger partial charge in [0.1, 0.15) is 17.5 Å². The van der Waals surface area contributed by atoms with Crippen molar-refractivity contribution in [3.05, 3.63) is 41.7 Å². The number of nitrogens with zero attached hydrogens (tertiary/aromatic N) is 3. The van der Waals surface area contributed by atoms with Crippen LogP contribution >= 0.6 is 0 Å². The lowest BCUT2D eigenvalue weighted by Crippen LogP contribution is -2.03. The lowest BCUT2D eigenvalue weighted by molar-refractivity contribution is 0.355. The Kier molecular flexibility index (Phi) is 4.99. The number of rotatable bonds is 5. The Balaban J connectivity index is 2.21. The van der Waals surface area contributed by atoms with Crippen molar-refractivity contribution in [2.24, 2.45) is 0 Å². The van der Waals surface area contributed by atoms with Gasteiger partial charge in [-0.3, -0.25) is 5.10 Å². The van der Waals surface area contributed by atoms with Crippen LogP contribution in [0.5, 0.6) is 11.5 Å². The highest BCUT2D eigenvalue weighted by Gasteiger charge is 2.19. The molecule has 3 rings (SSSR count). The molecule has 0 fully saturated rings. The molecule has 0 aliphatic rings. The second-order valence-electron chi connectivity index (χ2n) is 6.35. The monoisotopic (exact) mass is 363 g/mol. The van der Waals surface area contributed by atoms with Crippen LogP contribution in [0.4, 0.5) is 5.82 Å². The van der Waals surface area contributed by atoms with Crippen molar-refractivity contribution in [3.8, 4) is 40.0 Å². The van der Waals surface area contributed by atoms with Gasteiger partial charge in [-0.25, -0.2) is 4.98 Å². The van der Waals surface area contributed by atoms with E-state index in [2.05, 4.69) is 21.3 Å². The van der Waals surface area contributed by atoms with Crippen molar-refractivity contribution in [2.45, 2.75) is 19.8 Å². The molecule has 0 saturated heterocycles. The summed E-state index contributed by atoms with van der Waals surface area (Å²) in [5.74, 6) is 1.64. The third kappa shape index (κ3) is 3.29. The molecule has 0 atom stereocenters. The SMILES string of the molecule is COc1ccc(-c2[nH]ncc2-c2cc(C(C)C)nc(N)c2C#N)cc1OC. The first-order valence-electron chi connectivity index (χ1n) is 8.46. The van der Waals surface area contributed by atoms with Gasteiger partial charge in [-0.15, -0.1) is 0 Å². The van der Waals surface area contributed by atoms with E-state index in [1.54, 1.807) is 20.4 Å². The number of nitriles is 1. The van der Waals surface area contributed by atoms with E-state index in [4.69, 9.17) is 15.2 Å². The Labute approximate surface area is 157 Å². The van der Waals surface area contributed by atoms with E-state index < -0.39 is 0 Å². The molecule has 0 spiro atoms. The lowest BCUT2D eigenvalue weighted by atomic mass is 9.95. The zero-order valence-corrected chi connectivity index (χ0v) is 15.7. The topological polar surface area (TPSA) is 110 Å². The predicted octanol–water partition coefficient (Wildman–Crippen LogP) is 3.73. The van der Waals surface area contributed by atoms with Crippen LogP contribution in [0.2, 0.25) is 0 Å². The molecule has 138 valence electrons. The van der Waals surface area contributed by atoms with Crippen molar-refractivity contribution in [3.63, 3.8) is 0 Å². The summed E-state index contributed by atoms with van der Waals surface area (Å²) in [6, 6.07) is 9.64. The van der Waals surface area contributed by atoms with E-state index in [-0.39, 0.29) is 11.7 Å². The number of aromatic amines is 1. The molecular formula is C20H21N5O2. The number of benzene rings is 1. The molecular weight excluding hydrogens is 342 g/mol. The van der Waals surface area contributed by atoms with Gasteiger partial charge >= 0.3 is 0 Å². The highest BCUT2D eigenvalue weighted by Crippen LogP contribution is 2.38. The lowest BCUT2D eigenvalue weighted by Gasteiger charge is -2.13. The third-order valence-electron chi connectivity index (χ3n) is 4.37. The highest BCUT2D eigenvalue weighted by molar-refractivity contribution is 5.86. The minimum Gasteiger partial charge on any atom is -0.493 e. The Morgan fingerprint density at radius 2 is 1.85 bits per heavy atom. The minimum absolute atomic E-state index is 0.176. The zero-order valence-electron chi connectivity index (χ0n) is 15.7. The molecule has 0 aliphatic carbocycles. The fourth-order valence-corrected chi connectivity index (χ4v) is 2.91. The van der Waals surface area contributed by atoms with Crippen LogP contribution in [-0.2, 0) is 0 Å². The largest absolute Gasteiger partial charge is 0.493 e. The number of H-pyrrole nitrogens is 1. The molecule has 0 amide bonds. The Morgan fingerprint density at radius 3 is 2.48 bits per heavy atom. The molecule has 27 heavy (non-hydrogen) atoms. The molecule has 2 heterocycles. The number of nitrogens with two attached hydrogens (primary N) is 1. The van der Waals surface area contributed by atoms with Crippen LogP contribution in [0.25, 0.3) is 22.4 Å². The van der Waals surface area contributed by atoms with E-state index >= 15 is 0 Å². The van der Waals surface area contributed by atoms with Crippen LogP contribution in [0, 0.1) is 11.3 Å². The second kappa shape index (κ2) is 7.38. The molecule has 7 nitrogen and oxygen atoms in total. The number of hydrogen-bond acceptors (Lipinski definition) is 6. The molecule has 0 saturated carbocycles. The van der Waals surface area contributed by atoms with E-state index in [0.29, 0.717) is 22.6 Å². The van der Waals surface area contributed by atoms with Gasteiger partial charge in [-0.1, -0.05) is 13.8 Å². The van der Waals surface area contributed by atoms with Gasteiger partial charge < -0.3 is 15.2 Å². The van der Waals surface area contributed by atoms with E-state index in [1.165, 1.54) is 0 Å². The summed E-state index contributed by atoms with van der Waals surface area (Å²) >= 11 is 0. The normalized spacial score (nSPS) is 10.7. The summed E-state index contributed by atoms with van der Waals surface area (Å²) < 4.78 is 10.7. The molecule has 0 aliphatic heterocycles. The molecule has 0 bridgehead atoms. The molecule has 0 radical (unpaired) electrons. The summed E-state index contributed by atoms with van der Waals surface area (Å²) in [5, 5.41) is 16.8. The number of nitrogen functional groups attached to an aromatic ring is 1. The first-order chi connectivity index (χ1) is 13.0. The van der Waals surface area contributed by atoms with Crippen LogP contribution in [0.1, 0.15) is 31.0 Å². The maximum atomic E-state index is 9.60. The summed E-state index contributed by atoms with van der Waals surface area (Å²) in [6.07, 6.45) is 1.69. The zero-order chi connectivity index (χ0) is 19.6. The summed E-state index contributed by atoms with van der Waals surface area (Å²) in [4.78, 5) is 4.35. The number of aromatic nitrogens is 3. The van der Waals surface area contributed by atoms with Gasteiger partial charge in [0.15, 0.2) is 11.5 Å². The molecule has 2 aromatic heterocycles. The molecule has 0 unspecified atom stereocenters. The number of pyridine rings is 1. The van der Waals surface area contributed by atoms with Gasteiger partial charge in [0.05, 0.1) is 26.1 Å². The van der Waals surface area contributed by atoms with Crippen LogP contribution < -0.4 is 15.2 Å². The first-order valence-corrected chi connectivity index (χ1v) is 8.46. The smallest absolute Gasteiger partial charge is 0.161 e. The Bertz CT molecular complexity index is 1020. The number of methoxy groups -OCH3 is 2. The minimum atomic E-state index is 0.176. The van der Waals surface area contributed by atoms with Crippen LogP contribution in [0.3, 0.4) is 0 Å². The predicted molar refractivity (Wildman–Crippen MR) is 104 cm³/mol. The maximum absolute atomic E-state index is 9.60. The van der Waals surface area contributed by atoms with E-state index in [0.717, 1.165) is 22.5 Å². The van der Waals surface area contributed by atoms with Gasteiger partial charge in [-0.05, 0) is 30.2 Å². The van der Waals surface area contributed by atoms with E-state index in [9.17, 15) is 5.26 Å². The fraction of sp³-hybridized carbons (Fsp3) is 0.250. The number of ether oxygens (including phenoxy) is 2. The van der Waals surface area contributed by atoms with Crippen molar-refractivity contribution in [2.75, 3.05) is 20.0 Å². The summed E-state index contributed by atoms with van der Waals surface area (Å²) in [5.41, 5.74) is 10.3. The van der Waals surface area contributed by atoms with Gasteiger partial charge in [0.25, 0.3) is 0 Å². The van der Waals surface area contributed by atoms with Crippen molar-refractivity contribution >= 4 is 5.82 Å². The maximum Gasteiger partial charge on any atom is 0.161 e. The number of anilines is 1. The first kappa shape index (κ1) is 18.3. The number of hydrogen-bond donors (Lipinski definition) is 2. The fourth-order valence-electron chi connectivity index (χ4n) is 2.91. The van der Waals surface area contributed by atoms with Crippen molar-refractivity contribution in [1.82, 2.24) is 15.2 Å². The second-order valence-corrected chi connectivity index (χ2v) is 6.35. The average molecular weight is 363 g/mol. The van der Waals surface area contributed by atoms with Crippen LogP contribution in [0.15, 0.2) is 30.5 Å². The average Bonchev–Trinajstić information content (AvgIpc) is 3.16. The van der Waals surface area contributed by atoms with Crippen molar-refractivity contribution < 1.29 is 9.47 Å². The molecule has 3 aromatic rings. The van der Waals surface area contributed by atoms with Gasteiger partial charge in [0, 0.05) is 22.4 Å². The standard InChI is InChI=1S/C20H21N5O2/c1-11(2)16-8-13(14(9-21)20(22)24-16)15-10-23-25-19(15)12-5-6-17(26-3)18(7-12)27-4/h5-8,10-11H,1-4H3,(H2,22,24)(H,23,25). The van der Waals surface area contributed by atoms with Crippen LogP contribution in [-0.4, -0.2) is 29.4 Å². The summed E-state index contributed by atoms with van der Waals surface area (Å²) in [7, 11) is 3.17. The molecule has 3 N–H and O–H groups in total. The van der Waals surface area contributed by atoms with Gasteiger partial charge in [-0.2, -0.15) is 10.4 Å². The number of nitrogens with one attached hydrogen (secondary N) is 1. The van der Waals surface area contributed by atoms with E-state index in [1.807, 2.05) is 38.1 Å². The summed E-state index contributed by atoms with van der Waals surface area (Å²) in [6.45, 7) is 4.06. The van der Waals surface area contributed by atoms with Crippen molar-refractivity contribution in [1.29, 1.82) is 5.26 Å². The van der Waals surface area contributed by atoms with Gasteiger partial charge in [0.2, 0.25) is 0 Å². The Hall–Kier alpha value is -3.53. The Morgan fingerprint density at radius 1 is 1.11 bits per heavy atom. The highest BCUT2D eigenvalue weighted by atomic mass is 16.5. The molecule has 1 aromatic carbocycles. The quantitative estimate of drug-likeness (QED) is 0.714.